The largest absolute Gasteiger partial charge is 0.485 e. The van der Waals surface area contributed by atoms with Crippen LogP contribution in [0.25, 0.3) is 11.1 Å². The number of rotatable bonds is 2. The third-order valence-corrected chi connectivity index (χ3v) is 3.45. The summed E-state index contributed by atoms with van der Waals surface area (Å²) in [6.07, 6.45) is 0.617. The highest BCUT2D eigenvalue weighted by Crippen LogP contribution is 2.40. The number of nitrogens with two attached hydrogens (primary N) is 1. The minimum atomic E-state index is -0.273. The molecule has 0 bridgehead atoms. The number of halogens is 2. The van der Waals surface area contributed by atoms with Crippen LogP contribution in [0.1, 0.15) is 11.1 Å². The van der Waals surface area contributed by atoms with Crippen LogP contribution >= 0.6 is 11.6 Å². The first-order valence-corrected chi connectivity index (χ1v) is 6.36. The molecule has 2 aromatic carbocycles. The van der Waals surface area contributed by atoms with E-state index >= 15 is 0 Å². The highest BCUT2D eigenvalue weighted by atomic mass is 35.5. The van der Waals surface area contributed by atoms with Crippen molar-refractivity contribution in [1.82, 2.24) is 0 Å². The molecule has 19 heavy (non-hydrogen) atoms. The molecule has 1 aliphatic rings. The van der Waals surface area contributed by atoms with Crippen molar-refractivity contribution in [3.05, 3.63) is 58.9 Å². The van der Waals surface area contributed by atoms with Gasteiger partial charge in [0.05, 0.1) is 0 Å². The lowest BCUT2D eigenvalue weighted by atomic mass is 9.96. The Morgan fingerprint density at radius 3 is 2.84 bits per heavy atom. The molecule has 1 heterocycles. The Hall–Kier alpha value is -1.58. The molecule has 0 saturated heterocycles. The van der Waals surface area contributed by atoms with Crippen LogP contribution in [0.3, 0.4) is 0 Å². The maximum atomic E-state index is 13.7. The Kier molecular flexibility index (Phi) is 3.17. The smallest absolute Gasteiger partial charge is 0.140 e. The monoisotopic (exact) mass is 276 g/mol. The molecule has 0 spiro atoms. The summed E-state index contributed by atoms with van der Waals surface area (Å²) < 4.78 is 19.2. The molecule has 0 unspecified atom stereocenters. The van der Waals surface area contributed by atoms with E-state index in [1.807, 2.05) is 6.07 Å². The van der Waals surface area contributed by atoms with Crippen LogP contribution in [0.5, 0.6) is 5.75 Å². The van der Waals surface area contributed by atoms with E-state index in [9.17, 15) is 4.39 Å². The summed E-state index contributed by atoms with van der Waals surface area (Å²) in [6.45, 7) is 2.01. The molecule has 2 N–H and O–H groups in total. The van der Waals surface area contributed by atoms with Crippen LogP contribution in [0.15, 0.2) is 30.3 Å². The summed E-state index contributed by atoms with van der Waals surface area (Å²) >= 11 is 5.96. The summed E-state index contributed by atoms with van der Waals surface area (Å²) in [7, 11) is 0. The average molecular weight is 277 g/mol. The predicted molar refractivity (Wildman–Crippen MR) is 73.4 cm³/mol. The Morgan fingerprint density at radius 2 is 2.05 bits per heavy atom. The fraction of sp³-hybridized carbons (Fsp3) is 0.133. The number of fused-ring (bicyclic) bond motifs is 1. The molecular weight excluding hydrogens is 265 g/mol. The third-order valence-electron chi connectivity index (χ3n) is 3.21. The Balaban J connectivity index is 2.22. The maximum Gasteiger partial charge on any atom is 0.140 e. The standard InChI is InChI=1S/C15H12ClFNO/c16-11-1-2-13(10(5-11)8-18)14-7-12(17)6-9-3-4-19-15(9)14/h1-2,4-7H,3,8,18H2. The van der Waals surface area contributed by atoms with Crippen LogP contribution in [0, 0.1) is 12.4 Å². The highest BCUT2D eigenvalue weighted by molar-refractivity contribution is 6.30. The van der Waals surface area contributed by atoms with Gasteiger partial charge in [-0.15, -0.1) is 0 Å². The topological polar surface area (TPSA) is 35.2 Å². The van der Waals surface area contributed by atoms with E-state index in [0.717, 1.165) is 22.3 Å². The van der Waals surface area contributed by atoms with Crippen molar-refractivity contribution >= 4 is 11.6 Å². The van der Waals surface area contributed by atoms with Crippen molar-refractivity contribution in [1.29, 1.82) is 0 Å². The lowest BCUT2D eigenvalue weighted by Gasteiger charge is -2.12. The summed E-state index contributed by atoms with van der Waals surface area (Å²) in [5.41, 5.74) is 9.05. The second-order valence-electron chi connectivity index (χ2n) is 4.44. The molecule has 0 amide bonds. The molecule has 2 aromatic rings. The van der Waals surface area contributed by atoms with Crippen molar-refractivity contribution in [2.24, 2.45) is 5.73 Å². The number of hydrogen-bond donors (Lipinski definition) is 1. The van der Waals surface area contributed by atoms with E-state index in [1.165, 1.54) is 12.1 Å². The fourth-order valence-corrected chi connectivity index (χ4v) is 2.54. The molecule has 0 aromatic heterocycles. The summed E-state index contributed by atoms with van der Waals surface area (Å²) in [5, 5.41) is 0.615. The van der Waals surface area contributed by atoms with Crippen molar-refractivity contribution < 1.29 is 9.13 Å². The molecule has 4 heteroatoms. The lowest BCUT2D eigenvalue weighted by Crippen LogP contribution is -2.00. The van der Waals surface area contributed by atoms with E-state index in [4.69, 9.17) is 22.1 Å². The van der Waals surface area contributed by atoms with E-state index in [1.54, 1.807) is 18.7 Å². The van der Waals surface area contributed by atoms with E-state index in [0.29, 0.717) is 23.7 Å². The van der Waals surface area contributed by atoms with Crippen LogP contribution in [-0.4, -0.2) is 0 Å². The van der Waals surface area contributed by atoms with E-state index in [2.05, 4.69) is 0 Å². The van der Waals surface area contributed by atoms with Gasteiger partial charge in [-0.2, -0.15) is 0 Å². The lowest BCUT2D eigenvalue weighted by molar-refractivity contribution is 0.436. The van der Waals surface area contributed by atoms with Crippen LogP contribution in [0.4, 0.5) is 4.39 Å². The van der Waals surface area contributed by atoms with Gasteiger partial charge in [-0.3, -0.25) is 0 Å². The minimum Gasteiger partial charge on any atom is -0.485 e. The molecule has 1 aliphatic heterocycles. The van der Waals surface area contributed by atoms with Crippen molar-refractivity contribution in [2.45, 2.75) is 13.0 Å². The van der Waals surface area contributed by atoms with Crippen LogP contribution in [-0.2, 0) is 13.0 Å². The second-order valence-corrected chi connectivity index (χ2v) is 4.87. The van der Waals surface area contributed by atoms with Crippen molar-refractivity contribution in [2.75, 3.05) is 0 Å². The molecule has 3 rings (SSSR count). The summed E-state index contributed by atoms with van der Waals surface area (Å²) in [4.78, 5) is 0. The van der Waals surface area contributed by atoms with E-state index in [-0.39, 0.29) is 5.82 Å². The van der Waals surface area contributed by atoms with Gasteiger partial charge in [-0.25, -0.2) is 4.39 Å². The minimum absolute atomic E-state index is 0.273. The Bertz CT molecular complexity index is 642. The molecule has 0 saturated carbocycles. The van der Waals surface area contributed by atoms with Gasteiger partial charge in [0, 0.05) is 29.1 Å². The summed E-state index contributed by atoms with van der Waals surface area (Å²) in [6, 6.07) is 8.39. The Morgan fingerprint density at radius 1 is 1.21 bits per heavy atom. The van der Waals surface area contributed by atoms with Gasteiger partial charge in [-0.1, -0.05) is 17.7 Å². The van der Waals surface area contributed by atoms with Crippen LogP contribution < -0.4 is 10.5 Å². The zero-order chi connectivity index (χ0) is 13.4. The van der Waals surface area contributed by atoms with E-state index < -0.39 is 0 Å². The maximum absolute atomic E-state index is 13.7. The number of ether oxygens (including phenoxy) is 1. The normalized spacial score (nSPS) is 13.2. The number of hydrogen-bond acceptors (Lipinski definition) is 2. The molecule has 0 fully saturated rings. The van der Waals surface area contributed by atoms with Crippen molar-refractivity contribution in [3.63, 3.8) is 0 Å². The SMILES string of the molecule is NCc1cc(Cl)ccc1-c1cc(F)cc2c1O[CH]C2. The first-order chi connectivity index (χ1) is 9.19. The quantitative estimate of drug-likeness (QED) is 0.908. The number of benzene rings is 2. The molecule has 1 radical (unpaired) electrons. The van der Waals surface area contributed by atoms with Gasteiger partial charge in [-0.05, 0) is 35.4 Å². The van der Waals surface area contributed by atoms with Gasteiger partial charge in [0.2, 0.25) is 0 Å². The van der Waals surface area contributed by atoms with Crippen molar-refractivity contribution in [3.8, 4) is 16.9 Å². The van der Waals surface area contributed by atoms with Gasteiger partial charge >= 0.3 is 0 Å². The first-order valence-electron chi connectivity index (χ1n) is 5.98. The zero-order valence-corrected chi connectivity index (χ0v) is 10.9. The predicted octanol–water partition coefficient (Wildman–Crippen LogP) is 3.70. The molecular formula is C15H12ClFNO. The highest BCUT2D eigenvalue weighted by Gasteiger charge is 2.21. The molecule has 97 valence electrons. The average Bonchev–Trinajstić information content (AvgIpc) is 2.85. The Labute approximate surface area is 115 Å². The van der Waals surface area contributed by atoms with Gasteiger partial charge in [0.15, 0.2) is 0 Å². The zero-order valence-electron chi connectivity index (χ0n) is 10.1. The third kappa shape index (κ3) is 2.20. The van der Waals surface area contributed by atoms with Gasteiger partial charge in [0.1, 0.15) is 18.2 Å². The molecule has 0 aliphatic carbocycles. The molecule has 2 nitrogen and oxygen atoms in total. The van der Waals surface area contributed by atoms with Gasteiger partial charge in [0.25, 0.3) is 0 Å². The van der Waals surface area contributed by atoms with Crippen LogP contribution in [0.2, 0.25) is 5.02 Å². The van der Waals surface area contributed by atoms with Gasteiger partial charge < -0.3 is 10.5 Å². The first kappa shape index (κ1) is 12.5. The second kappa shape index (κ2) is 4.83. The summed E-state index contributed by atoms with van der Waals surface area (Å²) in [5.74, 6) is 0.434. The fourth-order valence-electron chi connectivity index (χ4n) is 2.35. The molecule has 0 atom stereocenters.